The summed E-state index contributed by atoms with van der Waals surface area (Å²) in [6.45, 7) is 4.40. The second-order valence-corrected chi connectivity index (χ2v) is 5.00. The molecule has 0 saturated carbocycles. The van der Waals surface area contributed by atoms with Gasteiger partial charge in [0, 0.05) is 6.42 Å². The van der Waals surface area contributed by atoms with Gasteiger partial charge in [-0.05, 0) is 55.2 Å². The van der Waals surface area contributed by atoms with Crippen molar-refractivity contribution in [1.82, 2.24) is 0 Å². The van der Waals surface area contributed by atoms with Crippen molar-refractivity contribution < 1.29 is 4.84 Å². The van der Waals surface area contributed by atoms with Crippen LogP contribution in [0.15, 0.2) is 34.6 Å². The van der Waals surface area contributed by atoms with E-state index >= 15 is 0 Å². The molecule has 0 fully saturated rings. The van der Waals surface area contributed by atoms with E-state index in [9.17, 15) is 0 Å². The van der Waals surface area contributed by atoms with E-state index in [1.54, 1.807) is 5.57 Å². The predicted octanol–water partition coefficient (Wildman–Crippen LogP) is 3.62. The Kier molecular flexibility index (Phi) is 3.49. The first kappa shape index (κ1) is 11.5. The number of hydrogen-bond acceptors (Lipinski definition) is 2. The summed E-state index contributed by atoms with van der Waals surface area (Å²) in [5, 5.41) is 0. The summed E-state index contributed by atoms with van der Waals surface area (Å²) in [6.07, 6.45) is 10.5. The van der Waals surface area contributed by atoms with E-state index < -0.39 is 0 Å². The highest BCUT2D eigenvalue weighted by Crippen LogP contribution is 2.34. The fraction of sp³-hybridized carbons (Fsp3) is 0.571. The largest absolute Gasteiger partial charge is 0.416 e. The zero-order valence-corrected chi connectivity index (χ0v) is 10.3. The standard InChI is InChI=1S/C14H21NO/c1-10-3-5-12(6-4-10)13-7-8-14(16-15)11(2)9-13/h5,9-10H,3-4,6-8,15H2,1-2H3. The molecule has 0 radical (unpaired) electrons. The van der Waals surface area contributed by atoms with Gasteiger partial charge in [-0.2, -0.15) is 5.90 Å². The van der Waals surface area contributed by atoms with Crippen LogP contribution in [-0.2, 0) is 4.84 Å². The zero-order chi connectivity index (χ0) is 11.5. The second-order valence-electron chi connectivity index (χ2n) is 5.00. The van der Waals surface area contributed by atoms with Crippen LogP contribution in [0.25, 0.3) is 0 Å². The maximum Gasteiger partial charge on any atom is 0.127 e. The molecule has 0 aromatic heterocycles. The fourth-order valence-electron chi connectivity index (χ4n) is 2.52. The number of allylic oxidation sites excluding steroid dienone is 6. The molecule has 0 amide bonds. The molecule has 0 aromatic carbocycles. The van der Waals surface area contributed by atoms with Crippen LogP contribution in [0, 0.1) is 5.92 Å². The molecular formula is C14H21NO. The summed E-state index contributed by atoms with van der Waals surface area (Å²) in [4.78, 5) is 4.87. The number of nitrogens with two attached hydrogens (primary N) is 1. The highest BCUT2D eigenvalue weighted by atomic mass is 16.6. The van der Waals surface area contributed by atoms with Gasteiger partial charge in [-0.15, -0.1) is 0 Å². The molecule has 0 heterocycles. The molecule has 88 valence electrons. The molecule has 0 bridgehead atoms. The van der Waals surface area contributed by atoms with Crippen molar-refractivity contribution in [2.24, 2.45) is 11.8 Å². The van der Waals surface area contributed by atoms with Gasteiger partial charge in [-0.3, -0.25) is 0 Å². The minimum Gasteiger partial charge on any atom is -0.416 e. The van der Waals surface area contributed by atoms with E-state index in [2.05, 4.69) is 26.0 Å². The van der Waals surface area contributed by atoms with Gasteiger partial charge in [0.15, 0.2) is 0 Å². The van der Waals surface area contributed by atoms with Crippen molar-refractivity contribution in [3.63, 3.8) is 0 Å². The summed E-state index contributed by atoms with van der Waals surface area (Å²) in [7, 11) is 0. The van der Waals surface area contributed by atoms with Gasteiger partial charge in [-0.25, -0.2) is 0 Å². The second kappa shape index (κ2) is 4.88. The summed E-state index contributed by atoms with van der Waals surface area (Å²) >= 11 is 0. The van der Waals surface area contributed by atoms with Crippen LogP contribution in [0.4, 0.5) is 0 Å². The Balaban J connectivity index is 2.15. The lowest BCUT2D eigenvalue weighted by molar-refractivity contribution is 0.205. The van der Waals surface area contributed by atoms with Crippen LogP contribution >= 0.6 is 0 Å². The monoisotopic (exact) mass is 219 g/mol. The van der Waals surface area contributed by atoms with Crippen LogP contribution in [0.3, 0.4) is 0 Å². The Bertz CT molecular complexity index is 363. The maximum absolute atomic E-state index is 5.23. The molecule has 0 spiro atoms. The molecule has 0 aliphatic heterocycles. The Morgan fingerprint density at radius 1 is 1.25 bits per heavy atom. The topological polar surface area (TPSA) is 35.2 Å². The number of hydrogen-bond donors (Lipinski definition) is 1. The van der Waals surface area contributed by atoms with Gasteiger partial charge in [0.2, 0.25) is 0 Å². The average Bonchev–Trinajstić information content (AvgIpc) is 2.30. The van der Waals surface area contributed by atoms with Gasteiger partial charge >= 0.3 is 0 Å². The summed E-state index contributed by atoms with van der Waals surface area (Å²) in [5.41, 5.74) is 4.22. The lowest BCUT2D eigenvalue weighted by Gasteiger charge is -2.23. The third-order valence-corrected chi connectivity index (χ3v) is 3.68. The normalized spacial score (nSPS) is 26.3. The van der Waals surface area contributed by atoms with Crippen LogP contribution in [0.5, 0.6) is 0 Å². The SMILES string of the molecule is CC1=C(ON)CCC(C2=CCC(C)CC2)=C1. The predicted molar refractivity (Wildman–Crippen MR) is 66.4 cm³/mol. The first-order valence-electron chi connectivity index (χ1n) is 6.17. The molecule has 1 atom stereocenters. The Morgan fingerprint density at radius 2 is 2.06 bits per heavy atom. The van der Waals surface area contributed by atoms with Gasteiger partial charge in [0.25, 0.3) is 0 Å². The van der Waals surface area contributed by atoms with E-state index in [0.717, 1.165) is 24.5 Å². The van der Waals surface area contributed by atoms with Crippen LogP contribution in [0.1, 0.15) is 46.0 Å². The van der Waals surface area contributed by atoms with Crippen LogP contribution < -0.4 is 5.90 Å². The summed E-state index contributed by atoms with van der Waals surface area (Å²) < 4.78 is 0. The molecule has 2 nitrogen and oxygen atoms in total. The molecular weight excluding hydrogens is 198 g/mol. The first-order chi connectivity index (χ1) is 7.70. The quantitative estimate of drug-likeness (QED) is 0.720. The minimum absolute atomic E-state index is 0.854. The third kappa shape index (κ3) is 2.38. The maximum atomic E-state index is 5.23. The van der Waals surface area contributed by atoms with Gasteiger partial charge < -0.3 is 4.84 Å². The van der Waals surface area contributed by atoms with Crippen molar-refractivity contribution in [3.8, 4) is 0 Å². The highest BCUT2D eigenvalue weighted by Gasteiger charge is 2.17. The van der Waals surface area contributed by atoms with Gasteiger partial charge in [-0.1, -0.05) is 19.1 Å². The Morgan fingerprint density at radius 3 is 2.62 bits per heavy atom. The third-order valence-electron chi connectivity index (χ3n) is 3.68. The average molecular weight is 219 g/mol. The molecule has 2 aliphatic carbocycles. The van der Waals surface area contributed by atoms with E-state index in [1.165, 1.54) is 30.4 Å². The van der Waals surface area contributed by atoms with Crippen molar-refractivity contribution in [2.45, 2.75) is 46.0 Å². The Hall–Kier alpha value is -1.02. The van der Waals surface area contributed by atoms with E-state index in [4.69, 9.17) is 10.7 Å². The van der Waals surface area contributed by atoms with E-state index in [-0.39, 0.29) is 0 Å². The molecule has 1 unspecified atom stereocenters. The number of rotatable bonds is 2. The fourth-order valence-corrected chi connectivity index (χ4v) is 2.52. The van der Waals surface area contributed by atoms with Crippen molar-refractivity contribution >= 4 is 0 Å². The van der Waals surface area contributed by atoms with Crippen LogP contribution in [0.2, 0.25) is 0 Å². The van der Waals surface area contributed by atoms with Crippen LogP contribution in [-0.4, -0.2) is 0 Å². The molecule has 16 heavy (non-hydrogen) atoms. The first-order valence-corrected chi connectivity index (χ1v) is 6.17. The smallest absolute Gasteiger partial charge is 0.127 e. The zero-order valence-electron chi connectivity index (χ0n) is 10.3. The van der Waals surface area contributed by atoms with Crippen molar-refractivity contribution in [2.75, 3.05) is 0 Å². The van der Waals surface area contributed by atoms with Gasteiger partial charge in [0.05, 0.1) is 0 Å². The molecule has 0 aromatic rings. The highest BCUT2D eigenvalue weighted by molar-refractivity contribution is 5.41. The van der Waals surface area contributed by atoms with E-state index in [1.807, 2.05) is 0 Å². The molecule has 2 rings (SSSR count). The van der Waals surface area contributed by atoms with Crippen molar-refractivity contribution in [3.05, 3.63) is 34.6 Å². The Labute approximate surface area is 97.8 Å². The lowest BCUT2D eigenvalue weighted by atomic mass is 9.84. The molecule has 2 aliphatic rings. The molecule has 0 saturated heterocycles. The molecule has 2 N–H and O–H groups in total. The van der Waals surface area contributed by atoms with Gasteiger partial charge in [0.1, 0.15) is 5.76 Å². The van der Waals surface area contributed by atoms with Crippen molar-refractivity contribution in [1.29, 1.82) is 0 Å². The summed E-state index contributed by atoms with van der Waals surface area (Å²) in [6, 6.07) is 0. The molecule has 2 heteroatoms. The summed E-state index contributed by atoms with van der Waals surface area (Å²) in [5.74, 6) is 7.03. The minimum atomic E-state index is 0.854. The lowest BCUT2D eigenvalue weighted by Crippen LogP contribution is -2.09. The van der Waals surface area contributed by atoms with E-state index in [0.29, 0.717) is 0 Å².